The molecule has 0 unspecified atom stereocenters. The zero-order valence-corrected chi connectivity index (χ0v) is 11.8. The van der Waals surface area contributed by atoms with Crippen molar-refractivity contribution in [3.8, 4) is 0 Å². The molecule has 0 bridgehead atoms. The standard InChI is InChI=1S/C14H20FN3O2/c1-18(2)9-3-8-16-13(19)14(20)17-10-11-4-6-12(15)7-5-11/h4-7H,3,8-10H2,1-2H3,(H,16,19)(H,17,20). The molecule has 0 aliphatic rings. The Kier molecular flexibility index (Phi) is 6.66. The van der Waals surface area contributed by atoms with Crippen molar-refractivity contribution in [2.24, 2.45) is 0 Å². The van der Waals surface area contributed by atoms with Gasteiger partial charge in [-0.15, -0.1) is 0 Å². The van der Waals surface area contributed by atoms with Gasteiger partial charge in [-0.25, -0.2) is 4.39 Å². The average molecular weight is 281 g/mol. The summed E-state index contributed by atoms with van der Waals surface area (Å²) >= 11 is 0. The lowest BCUT2D eigenvalue weighted by Gasteiger charge is -2.10. The minimum Gasteiger partial charge on any atom is -0.348 e. The number of hydrogen-bond donors (Lipinski definition) is 2. The fourth-order valence-electron chi connectivity index (χ4n) is 1.54. The Morgan fingerprint density at radius 2 is 1.70 bits per heavy atom. The lowest BCUT2D eigenvalue weighted by molar-refractivity contribution is -0.139. The van der Waals surface area contributed by atoms with E-state index in [0.717, 1.165) is 18.5 Å². The van der Waals surface area contributed by atoms with Crippen molar-refractivity contribution < 1.29 is 14.0 Å². The number of rotatable bonds is 6. The summed E-state index contributed by atoms with van der Waals surface area (Å²) in [5.74, 6) is -1.66. The summed E-state index contributed by atoms with van der Waals surface area (Å²) in [7, 11) is 3.88. The van der Waals surface area contributed by atoms with E-state index in [1.165, 1.54) is 12.1 Å². The zero-order chi connectivity index (χ0) is 15.0. The van der Waals surface area contributed by atoms with Gasteiger partial charge < -0.3 is 15.5 Å². The lowest BCUT2D eigenvalue weighted by Crippen LogP contribution is -2.40. The highest BCUT2D eigenvalue weighted by Gasteiger charge is 2.11. The van der Waals surface area contributed by atoms with E-state index in [-0.39, 0.29) is 12.4 Å². The summed E-state index contributed by atoms with van der Waals surface area (Å²) in [6, 6.07) is 5.74. The van der Waals surface area contributed by atoms with Crippen LogP contribution in [0.15, 0.2) is 24.3 Å². The maximum Gasteiger partial charge on any atom is 0.309 e. The molecule has 110 valence electrons. The predicted molar refractivity (Wildman–Crippen MR) is 74.4 cm³/mol. The molecule has 0 saturated heterocycles. The van der Waals surface area contributed by atoms with Gasteiger partial charge in [0.1, 0.15) is 5.82 Å². The van der Waals surface area contributed by atoms with E-state index >= 15 is 0 Å². The topological polar surface area (TPSA) is 61.4 Å². The smallest absolute Gasteiger partial charge is 0.309 e. The van der Waals surface area contributed by atoms with Gasteiger partial charge in [0, 0.05) is 13.1 Å². The fraction of sp³-hybridized carbons (Fsp3) is 0.429. The summed E-state index contributed by atoms with van der Waals surface area (Å²) in [6.45, 7) is 1.50. The molecule has 0 fully saturated rings. The van der Waals surface area contributed by atoms with Crippen LogP contribution in [-0.2, 0) is 16.1 Å². The molecule has 20 heavy (non-hydrogen) atoms. The highest BCUT2D eigenvalue weighted by atomic mass is 19.1. The molecular weight excluding hydrogens is 261 g/mol. The Hall–Kier alpha value is -1.95. The van der Waals surface area contributed by atoms with E-state index in [4.69, 9.17) is 0 Å². The van der Waals surface area contributed by atoms with Crippen LogP contribution in [0.4, 0.5) is 4.39 Å². The van der Waals surface area contributed by atoms with Crippen LogP contribution >= 0.6 is 0 Å². The normalized spacial score (nSPS) is 10.4. The molecule has 2 amide bonds. The van der Waals surface area contributed by atoms with Crippen molar-refractivity contribution in [1.82, 2.24) is 15.5 Å². The number of carbonyl (C=O) groups excluding carboxylic acids is 2. The molecule has 1 aromatic carbocycles. The van der Waals surface area contributed by atoms with Crippen molar-refractivity contribution in [3.05, 3.63) is 35.6 Å². The summed E-state index contributed by atoms with van der Waals surface area (Å²) in [5.41, 5.74) is 0.736. The Labute approximate surface area is 118 Å². The van der Waals surface area contributed by atoms with Gasteiger partial charge in [-0.1, -0.05) is 12.1 Å². The van der Waals surface area contributed by atoms with Crippen LogP contribution in [-0.4, -0.2) is 43.9 Å². The minimum atomic E-state index is -0.681. The maximum absolute atomic E-state index is 12.7. The van der Waals surface area contributed by atoms with E-state index in [1.807, 2.05) is 19.0 Å². The van der Waals surface area contributed by atoms with Crippen LogP contribution in [0.1, 0.15) is 12.0 Å². The third kappa shape index (κ3) is 6.29. The SMILES string of the molecule is CN(C)CCCNC(=O)C(=O)NCc1ccc(F)cc1. The third-order valence-electron chi connectivity index (χ3n) is 2.64. The van der Waals surface area contributed by atoms with Crippen molar-refractivity contribution >= 4 is 11.8 Å². The van der Waals surface area contributed by atoms with E-state index in [9.17, 15) is 14.0 Å². The molecule has 0 saturated carbocycles. The Morgan fingerprint density at radius 1 is 1.10 bits per heavy atom. The summed E-state index contributed by atoms with van der Waals surface area (Å²) in [6.07, 6.45) is 0.782. The molecule has 6 heteroatoms. The average Bonchev–Trinajstić information content (AvgIpc) is 2.42. The van der Waals surface area contributed by atoms with Gasteiger partial charge in [0.2, 0.25) is 0 Å². The molecule has 1 rings (SSSR count). The van der Waals surface area contributed by atoms with Crippen molar-refractivity contribution in [1.29, 1.82) is 0 Å². The fourth-order valence-corrected chi connectivity index (χ4v) is 1.54. The maximum atomic E-state index is 12.7. The molecule has 5 nitrogen and oxygen atoms in total. The number of halogens is 1. The van der Waals surface area contributed by atoms with Crippen LogP contribution in [0.3, 0.4) is 0 Å². The van der Waals surface area contributed by atoms with Gasteiger partial charge in [-0.2, -0.15) is 0 Å². The van der Waals surface area contributed by atoms with Crippen LogP contribution in [0.25, 0.3) is 0 Å². The van der Waals surface area contributed by atoms with Crippen LogP contribution in [0.2, 0.25) is 0 Å². The second kappa shape index (κ2) is 8.27. The highest BCUT2D eigenvalue weighted by Crippen LogP contribution is 2.01. The first kappa shape index (κ1) is 16.1. The number of amides is 2. The second-order valence-corrected chi connectivity index (χ2v) is 4.72. The molecular formula is C14H20FN3O2. The second-order valence-electron chi connectivity index (χ2n) is 4.72. The van der Waals surface area contributed by atoms with Gasteiger partial charge in [0.15, 0.2) is 0 Å². The number of benzene rings is 1. The van der Waals surface area contributed by atoms with E-state index in [0.29, 0.717) is 6.54 Å². The predicted octanol–water partition coefficient (Wildman–Crippen LogP) is 0.510. The number of nitrogens with zero attached hydrogens (tertiary/aromatic N) is 1. The van der Waals surface area contributed by atoms with Crippen LogP contribution in [0, 0.1) is 5.82 Å². The largest absolute Gasteiger partial charge is 0.348 e. The van der Waals surface area contributed by atoms with Crippen molar-refractivity contribution in [2.75, 3.05) is 27.2 Å². The molecule has 2 N–H and O–H groups in total. The van der Waals surface area contributed by atoms with Gasteiger partial charge in [-0.05, 0) is 44.8 Å². The third-order valence-corrected chi connectivity index (χ3v) is 2.64. The first-order valence-electron chi connectivity index (χ1n) is 6.44. The quantitative estimate of drug-likeness (QED) is 0.590. The molecule has 0 spiro atoms. The van der Waals surface area contributed by atoms with E-state index in [2.05, 4.69) is 10.6 Å². The minimum absolute atomic E-state index is 0.199. The lowest BCUT2D eigenvalue weighted by atomic mass is 10.2. The molecule has 0 aliphatic carbocycles. The summed E-state index contributed by atoms with van der Waals surface area (Å²) < 4.78 is 12.7. The number of hydrogen-bond acceptors (Lipinski definition) is 3. The van der Waals surface area contributed by atoms with Crippen molar-refractivity contribution in [2.45, 2.75) is 13.0 Å². The summed E-state index contributed by atoms with van der Waals surface area (Å²) in [5, 5.41) is 5.03. The Bertz CT molecular complexity index is 446. The van der Waals surface area contributed by atoms with Gasteiger partial charge in [0.25, 0.3) is 0 Å². The molecule has 0 atom stereocenters. The molecule has 0 aromatic heterocycles. The van der Waals surface area contributed by atoms with Gasteiger partial charge in [0.05, 0.1) is 0 Å². The van der Waals surface area contributed by atoms with Gasteiger partial charge in [-0.3, -0.25) is 9.59 Å². The molecule has 0 radical (unpaired) electrons. The van der Waals surface area contributed by atoms with Crippen LogP contribution < -0.4 is 10.6 Å². The highest BCUT2D eigenvalue weighted by molar-refractivity contribution is 6.35. The monoisotopic (exact) mass is 281 g/mol. The molecule has 0 aliphatic heterocycles. The Balaban J connectivity index is 2.24. The molecule has 0 heterocycles. The first-order chi connectivity index (χ1) is 9.49. The first-order valence-corrected chi connectivity index (χ1v) is 6.44. The van der Waals surface area contributed by atoms with E-state index < -0.39 is 11.8 Å². The number of nitrogens with one attached hydrogen (secondary N) is 2. The van der Waals surface area contributed by atoms with E-state index in [1.54, 1.807) is 12.1 Å². The van der Waals surface area contributed by atoms with Crippen molar-refractivity contribution in [3.63, 3.8) is 0 Å². The van der Waals surface area contributed by atoms with Gasteiger partial charge >= 0.3 is 11.8 Å². The van der Waals surface area contributed by atoms with Crippen LogP contribution in [0.5, 0.6) is 0 Å². The number of carbonyl (C=O) groups is 2. The molecule has 1 aromatic rings. The Morgan fingerprint density at radius 3 is 2.30 bits per heavy atom. The summed E-state index contributed by atoms with van der Waals surface area (Å²) in [4.78, 5) is 25.0. The zero-order valence-electron chi connectivity index (χ0n) is 11.8.